The number of carbonyl (C=O) groups excluding carboxylic acids is 1. The Kier molecular flexibility index (Phi) is 2.73. The van der Waals surface area contributed by atoms with Gasteiger partial charge in [0, 0.05) is 41.5 Å². The molecule has 1 saturated heterocycles. The fraction of sp³-hybridized carbons (Fsp3) is 0.267. The first-order valence-electron chi connectivity index (χ1n) is 7.07. The number of nitrogens with zero attached hydrogens (tertiary/aromatic N) is 2. The van der Waals surface area contributed by atoms with Crippen LogP contribution >= 0.6 is 0 Å². The van der Waals surface area contributed by atoms with Gasteiger partial charge in [0.15, 0.2) is 5.82 Å². The van der Waals surface area contributed by atoms with Crippen LogP contribution in [0, 0.1) is 0 Å². The Morgan fingerprint density at radius 2 is 2.19 bits per heavy atom. The minimum atomic E-state index is 0.122. The molecule has 4 rings (SSSR count). The molecule has 6 heteroatoms. The first-order valence-corrected chi connectivity index (χ1v) is 7.07. The second-order valence-electron chi connectivity index (χ2n) is 5.36. The van der Waals surface area contributed by atoms with Crippen LogP contribution in [0.1, 0.15) is 18.7 Å². The molecule has 1 atom stereocenters. The first-order chi connectivity index (χ1) is 10.3. The molecule has 1 aliphatic rings. The van der Waals surface area contributed by atoms with E-state index in [1.165, 1.54) is 0 Å². The zero-order chi connectivity index (χ0) is 14.2. The number of fused-ring (bicyclic) bond motifs is 1. The van der Waals surface area contributed by atoms with Gasteiger partial charge in [-0.1, -0.05) is 18.2 Å². The summed E-state index contributed by atoms with van der Waals surface area (Å²) in [6, 6.07) is 8.24. The summed E-state index contributed by atoms with van der Waals surface area (Å²) < 4.78 is 0. The maximum Gasteiger partial charge on any atom is 0.220 e. The van der Waals surface area contributed by atoms with Crippen molar-refractivity contribution < 1.29 is 4.79 Å². The van der Waals surface area contributed by atoms with Gasteiger partial charge in [0.05, 0.1) is 0 Å². The summed E-state index contributed by atoms with van der Waals surface area (Å²) in [5, 5.41) is 11.3. The number of carbonyl (C=O) groups is 1. The molecule has 6 nitrogen and oxygen atoms in total. The Morgan fingerprint density at radius 1 is 1.29 bits per heavy atom. The van der Waals surface area contributed by atoms with Crippen LogP contribution in [-0.4, -0.2) is 32.1 Å². The summed E-state index contributed by atoms with van der Waals surface area (Å²) in [6.07, 6.45) is 4.09. The first kappa shape index (κ1) is 12.1. The molecule has 21 heavy (non-hydrogen) atoms. The summed E-state index contributed by atoms with van der Waals surface area (Å²) >= 11 is 0. The van der Waals surface area contributed by atoms with Crippen molar-refractivity contribution in [1.82, 2.24) is 25.5 Å². The van der Waals surface area contributed by atoms with Gasteiger partial charge in [-0.25, -0.2) is 4.98 Å². The highest BCUT2D eigenvalue weighted by atomic mass is 16.1. The van der Waals surface area contributed by atoms with Gasteiger partial charge >= 0.3 is 0 Å². The number of para-hydroxylation sites is 1. The summed E-state index contributed by atoms with van der Waals surface area (Å²) in [4.78, 5) is 19.0. The van der Waals surface area contributed by atoms with Gasteiger partial charge in [-0.2, -0.15) is 5.10 Å². The van der Waals surface area contributed by atoms with Crippen molar-refractivity contribution in [2.24, 2.45) is 0 Å². The largest absolute Gasteiger partial charge is 0.360 e. The third-order valence-electron chi connectivity index (χ3n) is 3.89. The highest BCUT2D eigenvalue weighted by molar-refractivity contribution is 5.93. The van der Waals surface area contributed by atoms with Crippen LogP contribution in [0.25, 0.3) is 22.3 Å². The molecule has 0 aliphatic carbocycles. The van der Waals surface area contributed by atoms with E-state index in [9.17, 15) is 4.79 Å². The smallest absolute Gasteiger partial charge is 0.220 e. The maximum absolute atomic E-state index is 11.2. The van der Waals surface area contributed by atoms with E-state index in [1.807, 2.05) is 30.5 Å². The number of aromatic nitrogens is 4. The van der Waals surface area contributed by atoms with Crippen LogP contribution in [0.4, 0.5) is 0 Å². The second kappa shape index (κ2) is 4.73. The monoisotopic (exact) mass is 281 g/mol. The highest BCUT2D eigenvalue weighted by Gasteiger charge is 2.22. The molecule has 3 N–H and O–H groups in total. The Hall–Kier alpha value is -2.63. The van der Waals surface area contributed by atoms with Crippen LogP contribution in [0.5, 0.6) is 0 Å². The van der Waals surface area contributed by atoms with Gasteiger partial charge in [0.25, 0.3) is 0 Å². The van der Waals surface area contributed by atoms with Crippen molar-refractivity contribution >= 4 is 16.8 Å². The van der Waals surface area contributed by atoms with E-state index in [0.717, 1.165) is 28.7 Å². The minimum absolute atomic E-state index is 0.122. The van der Waals surface area contributed by atoms with E-state index < -0.39 is 0 Å². The van der Waals surface area contributed by atoms with E-state index in [4.69, 9.17) is 0 Å². The van der Waals surface area contributed by atoms with Gasteiger partial charge in [-0.15, -0.1) is 0 Å². The number of rotatable bonds is 3. The van der Waals surface area contributed by atoms with Crippen molar-refractivity contribution in [3.63, 3.8) is 0 Å². The van der Waals surface area contributed by atoms with Crippen LogP contribution in [-0.2, 0) is 11.2 Å². The molecule has 0 radical (unpaired) electrons. The molecule has 0 spiro atoms. The lowest BCUT2D eigenvalue weighted by atomic mass is 10.1. The fourth-order valence-electron chi connectivity index (χ4n) is 2.83. The molecule has 1 amide bonds. The average molecular weight is 281 g/mol. The fourth-order valence-corrected chi connectivity index (χ4v) is 2.83. The SMILES string of the molecule is O=C1CC[C@H](Cc2nc(-c3c[nH]c4ccccc34)n[nH]2)N1. The molecule has 1 fully saturated rings. The van der Waals surface area contributed by atoms with Gasteiger partial charge in [-0.05, 0) is 12.5 Å². The summed E-state index contributed by atoms with van der Waals surface area (Å²) in [6.45, 7) is 0. The number of H-pyrrole nitrogens is 2. The maximum atomic E-state index is 11.2. The summed E-state index contributed by atoms with van der Waals surface area (Å²) in [7, 11) is 0. The van der Waals surface area contributed by atoms with E-state index in [0.29, 0.717) is 18.7 Å². The molecule has 3 aromatic rings. The third-order valence-corrected chi connectivity index (χ3v) is 3.89. The quantitative estimate of drug-likeness (QED) is 0.684. The molecule has 2 aromatic heterocycles. The molecule has 1 aromatic carbocycles. The molecule has 0 saturated carbocycles. The zero-order valence-corrected chi connectivity index (χ0v) is 11.4. The molecule has 0 unspecified atom stereocenters. The third kappa shape index (κ3) is 2.18. The number of nitrogens with one attached hydrogen (secondary N) is 3. The van der Waals surface area contributed by atoms with Crippen LogP contribution in [0.2, 0.25) is 0 Å². The molecular weight excluding hydrogens is 266 g/mol. The number of hydrogen-bond acceptors (Lipinski definition) is 3. The van der Waals surface area contributed by atoms with Crippen molar-refractivity contribution in [2.45, 2.75) is 25.3 Å². The van der Waals surface area contributed by atoms with Gasteiger partial charge < -0.3 is 10.3 Å². The van der Waals surface area contributed by atoms with E-state index in [-0.39, 0.29) is 11.9 Å². The van der Waals surface area contributed by atoms with Crippen molar-refractivity contribution in [3.8, 4) is 11.4 Å². The Bertz CT molecular complexity index is 803. The van der Waals surface area contributed by atoms with E-state index in [1.54, 1.807) is 0 Å². The van der Waals surface area contributed by atoms with E-state index >= 15 is 0 Å². The van der Waals surface area contributed by atoms with Crippen molar-refractivity contribution in [3.05, 3.63) is 36.3 Å². The Morgan fingerprint density at radius 3 is 3.05 bits per heavy atom. The number of benzene rings is 1. The van der Waals surface area contributed by atoms with Gasteiger partial charge in [0.2, 0.25) is 5.91 Å². The predicted molar refractivity (Wildman–Crippen MR) is 78.5 cm³/mol. The van der Waals surface area contributed by atoms with Crippen LogP contribution < -0.4 is 5.32 Å². The number of aromatic amines is 2. The molecular formula is C15H15N5O. The molecule has 3 heterocycles. The Labute approximate surface area is 121 Å². The molecule has 0 bridgehead atoms. The highest BCUT2D eigenvalue weighted by Crippen LogP contribution is 2.25. The van der Waals surface area contributed by atoms with E-state index in [2.05, 4.69) is 25.5 Å². The zero-order valence-electron chi connectivity index (χ0n) is 11.4. The lowest BCUT2D eigenvalue weighted by molar-refractivity contribution is -0.119. The summed E-state index contributed by atoms with van der Waals surface area (Å²) in [5.41, 5.74) is 2.06. The summed E-state index contributed by atoms with van der Waals surface area (Å²) in [5.74, 6) is 1.62. The topological polar surface area (TPSA) is 86.5 Å². The molecule has 1 aliphatic heterocycles. The lowest BCUT2D eigenvalue weighted by Gasteiger charge is -2.05. The minimum Gasteiger partial charge on any atom is -0.360 e. The standard InChI is InChI=1S/C15H15N5O/c21-14-6-5-9(17-14)7-13-18-15(20-19-13)11-8-16-12-4-2-1-3-10(11)12/h1-4,8-9,16H,5-7H2,(H,17,21)(H,18,19,20)/t9-/m1/s1. The van der Waals surface area contributed by atoms with Gasteiger partial charge in [-0.3, -0.25) is 9.89 Å². The van der Waals surface area contributed by atoms with Crippen molar-refractivity contribution in [2.75, 3.05) is 0 Å². The average Bonchev–Trinajstić information content (AvgIpc) is 3.19. The number of amides is 1. The number of hydrogen-bond donors (Lipinski definition) is 3. The Balaban J connectivity index is 1.60. The van der Waals surface area contributed by atoms with Crippen LogP contribution in [0.15, 0.2) is 30.5 Å². The predicted octanol–water partition coefficient (Wildman–Crippen LogP) is 1.77. The van der Waals surface area contributed by atoms with Crippen molar-refractivity contribution in [1.29, 1.82) is 0 Å². The normalized spacial score (nSPS) is 18.3. The van der Waals surface area contributed by atoms with Crippen LogP contribution in [0.3, 0.4) is 0 Å². The lowest BCUT2D eigenvalue weighted by Crippen LogP contribution is -2.27. The van der Waals surface area contributed by atoms with Gasteiger partial charge in [0.1, 0.15) is 5.82 Å². The molecule has 106 valence electrons. The second-order valence-corrected chi connectivity index (χ2v) is 5.36.